The van der Waals surface area contributed by atoms with Crippen LogP contribution in [-0.2, 0) is 0 Å². The highest BCUT2D eigenvalue weighted by atomic mass is 16.3. The molecule has 0 radical (unpaired) electrons. The Bertz CT molecular complexity index is 787. The molecule has 6 nitrogen and oxygen atoms in total. The molecule has 0 unspecified atom stereocenters. The maximum Gasteiger partial charge on any atom is 0.200 e. The normalized spacial score (nSPS) is 9.60. The number of unbranched alkanes of at least 4 members (excludes halogenated alkanes) is 2. The summed E-state index contributed by atoms with van der Waals surface area (Å²) in [6, 6.07) is 5.02. The highest BCUT2D eigenvalue weighted by Gasteiger charge is 2.07. The summed E-state index contributed by atoms with van der Waals surface area (Å²) in [6.45, 7) is 0. The molecule has 6 N–H and O–H groups in total. The second-order valence-corrected chi connectivity index (χ2v) is 5.18. The maximum atomic E-state index is 9.37. The first-order valence-corrected chi connectivity index (χ1v) is 7.36. The molecule has 0 spiro atoms. The third-order valence-corrected chi connectivity index (χ3v) is 3.21. The number of rotatable bonds is 2. The van der Waals surface area contributed by atoms with Crippen LogP contribution in [0.4, 0.5) is 0 Å². The van der Waals surface area contributed by atoms with Gasteiger partial charge >= 0.3 is 0 Å². The number of benzene rings is 2. The summed E-state index contributed by atoms with van der Waals surface area (Å²) in [7, 11) is 0. The molecule has 0 fully saturated rings. The second-order valence-electron chi connectivity index (χ2n) is 5.18. The number of aromatic hydroxyl groups is 6. The summed E-state index contributed by atoms with van der Waals surface area (Å²) in [5.74, 6) is 8.36. The molecular formula is C19H16O6. The van der Waals surface area contributed by atoms with E-state index < -0.39 is 34.5 Å². The van der Waals surface area contributed by atoms with E-state index in [1.807, 2.05) is 0 Å². The fourth-order valence-corrected chi connectivity index (χ4v) is 1.95. The van der Waals surface area contributed by atoms with E-state index in [0.29, 0.717) is 30.4 Å². The van der Waals surface area contributed by atoms with E-state index in [0.717, 1.165) is 0 Å². The van der Waals surface area contributed by atoms with Gasteiger partial charge in [0.05, 0.1) is 0 Å². The summed E-state index contributed by atoms with van der Waals surface area (Å²) in [5.41, 5.74) is 0.767. The van der Waals surface area contributed by atoms with Crippen molar-refractivity contribution < 1.29 is 30.6 Å². The van der Waals surface area contributed by atoms with Crippen molar-refractivity contribution >= 4 is 0 Å². The molecule has 2 rings (SSSR count). The van der Waals surface area contributed by atoms with E-state index in [1.165, 1.54) is 24.3 Å². The topological polar surface area (TPSA) is 121 Å². The number of hydrogen-bond acceptors (Lipinski definition) is 6. The minimum absolute atomic E-state index is 0.383. The predicted molar refractivity (Wildman–Crippen MR) is 90.5 cm³/mol. The van der Waals surface area contributed by atoms with Gasteiger partial charge < -0.3 is 30.6 Å². The van der Waals surface area contributed by atoms with Crippen molar-refractivity contribution in [2.75, 3.05) is 0 Å². The second kappa shape index (κ2) is 7.76. The van der Waals surface area contributed by atoms with Crippen LogP contribution < -0.4 is 0 Å². The molecule has 2 aromatic carbocycles. The molecular weight excluding hydrogens is 324 g/mol. The van der Waals surface area contributed by atoms with Crippen LogP contribution >= 0.6 is 0 Å². The van der Waals surface area contributed by atoms with Gasteiger partial charge in [0.15, 0.2) is 34.5 Å². The van der Waals surface area contributed by atoms with Gasteiger partial charge in [0, 0.05) is 24.0 Å². The molecule has 25 heavy (non-hydrogen) atoms. The van der Waals surface area contributed by atoms with E-state index >= 15 is 0 Å². The number of hydrogen-bond donors (Lipinski definition) is 6. The Balaban J connectivity index is 1.88. The van der Waals surface area contributed by atoms with Gasteiger partial charge in [0.2, 0.25) is 0 Å². The Morgan fingerprint density at radius 1 is 0.560 bits per heavy atom. The quantitative estimate of drug-likeness (QED) is 0.284. The molecule has 2 aromatic rings. The summed E-state index contributed by atoms with van der Waals surface area (Å²) in [6.07, 6.45) is 1.73. The van der Waals surface area contributed by atoms with Crippen LogP contribution in [0.25, 0.3) is 0 Å². The van der Waals surface area contributed by atoms with Crippen LogP contribution in [0.1, 0.15) is 30.4 Å². The fourth-order valence-electron chi connectivity index (χ4n) is 1.95. The zero-order chi connectivity index (χ0) is 18.4. The number of phenolic OH excluding ortho intramolecular Hbond substituents is 6. The van der Waals surface area contributed by atoms with E-state index in [9.17, 15) is 30.6 Å². The lowest BCUT2D eigenvalue weighted by molar-refractivity contribution is 0.367. The lowest BCUT2D eigenvalue weighted by Gasteiger charge is -2.00. The third-order valence-electron chi connectivity index (χ3n) is 3.21. The van der Waals surface area contributed by atoms with Gasteiger partial charge in [-0.25, -0.2) is 0 Å². The molecule has 6 heteroatoms. The standard InChI is InChI=1S/C19H16O6/c20-14-8-12(9-15(21)18(14)24)6-4-2-1-3-5-7-13-10-16(22)19(25)17(23)11-13/h8-11,20-25H,1-3H2. The van der Waals surface area contributed by atoms with E-state index in [1.54, 1.807) is 0 Å². The first-order valence-electron chi connectivity index (χ1n) is 7.36. The molecule has 0 heterocycles. The van der Waals surface area contributed by atoms with Crippen molar-refractivity contribution in [1.29, 1.82) is 0 Å². The van der Waals surface area contributed by atoms with Crippen molar-refractivity contribution in [3.63, 3.8) is 0 Å². The molecule has 0 aliphatic rings. The van der Waals surface area contributed by atoms with E-state index in [-0.39, 0.29) is 0 Å². The summed E-state index contributed by atoms with van der Waals surface area (Å²) in [5, 5.41) is 56.0. The minimum Gasteiger partial charge on any atom is -0.504 e. The largest absolute Gasteiger partial charge is 0.504 e. The van der Waals surface area contributed by atoms with E-state index in [2.05, 4.69) is 23.7 Å². The van der Waals surface area contributed by atoms with Crippen LogP contribution in [0, 0.1) is 23.7 Å². The molecule has 0 amide bonds. The zero-order valence-corrected chi connectivity index (χ0v) is 13.1. The van der Waals surface area contributed by atoms with Crippen LogP contribution in [0.5, 0.6) is 34.5 Å². The van der Waals surface area contributed by atoms with Crippen molar-refractivity contribution in [3.05, 3.63) is 35.4 Å². The van der Waals surface area contributed by atoms with Crippen LogP contribution in [0.15, 0.2) is 24.3 Å². The van der Waals surface area contributed by atoms with Gasteiger partial charge in [0.1, 0.15) is 0 Å². The molecule has 0 bridgehead atoms. The lowest BCUT2D eigenvalue weighted by atomic mass is 10.1. The molecule has 0 aliphatic carbocycles. The summed E-state index contributed by atoms with van der Waals surface area (Å²) >= 11 is 0. The van der Waals surface area contributed by atoms with Gasteiger partial charge in [-0.15, -0.1) is 0 Å². The predicted octanol–water partition coefficient (Wildman–Crippen LogP) is 2.49. The molecule has 128 valence electrons. The van der Waals surface area contributed by atoms with Crippen molar-refractivity contribution in [2.45, 2.75) is 19.3 Å². The average Bonchev–Trinajstić information content (AvgIpc) is 2.56. The van der Waals surface area contributed by atoms with Gasteiger partial charge in [-0.3, -0.25) is 0 Å². The first-order chi connectivity index (χ1) is 11.9. The Hall–Kier alpha value is -3.64. The average molecular weight is 340 g/mol. The number of phenols is 6. The van der Waals surface area contributed by atoms with Crippen LogP contribution in [0.2, 0.25) is 0 Å². The summed E-state index contributed by atoms with van der Waals surface area (Å²) in [4.78, 5) is 0. The van der Waals surface area contributed by atoms with Crippen molar-refractivity contribution in [2.24, 2.45) is 0 Å². The van der Waals surface area contributed by atoms with Gasteiger partial charge in [-0.05, 0) is 30.7 Å². The Labute approximate surface area is 144 Å². The highest BCUT2D eigenvalue weighted by molar-refractivity contribution is 5.55. The molecule has 0 aromatic heterocycles. The maximum absolute atomic E-state index is 9.37. The SMILES string of the molecule is Oc1cc(C#CCCCC#Cc2cc(O)c(O)c(O)c2)cc(O)c1O. The Morgan fingerprint density at radius 3 is 1.20 bits per heavy atom. The van der Waals surface area contributed by atoms with Crippen molar-refractivity contribution in [3.8, 4) is 58.2 Å². The minimum atomic E-state index is -0.577. The smallest absolute Gasteiger partial charge is 0.200 e. The van der Waals surface area contributed by atoms with Crippen LogP contribution in [0.3, 0.4) is 0 Å². The molecule has 0 saturated heterocycles. The molecule has 0 atom stereocenters. The monoisotopic (exact) mass is 340 g/mol. The highest BCUT2D eigenvalue weighted by Crippen LogP contribution is 2.35. The molecule has 0 saturated carbocycles. The van der Waals surface area contributed by atoms with E-state index in [4.69, 9.17) is 0 Å². The third kappa shape index (κ3) is 4.66. The van der Waals surface area contributed by atoms with Gasteiger partial charge in [0.25, 0.3) is 0 Å². The first kappa shape index (κ1) is 17.7. The van der Waals surface area contributed by atoms with Gasteiger partial charge in [-0.1, -0.05) is 23.7 Å². The van der Waals surface area contributed by atoms with Crippen LogP contribution in [-0.4, -0.2) is 30.6 Å². The lowest BCUT2D eigenvalue weighted by Crippen LogP contribution is -1.78. The Morgan fingerprint density at radius 2 is 0.880 bits per heavy atom. The van der Waals surface area contributed by atoms with Crippen molar-refractivity contribution in [1.82, 2.24) is 0 Å². The fraction of sp³-hybridized carbons (Fsp3) is 0.158. The summed E-state index contributed by atoms with van der Waals surface area (Å²) < 4.78 is 0. The zero-order valence-electron chi connectivity index (χ0n) is 13.1. The van der Waals surface area contributed by atoms with Gasteiger partial charge in [-0.2, -0.15) is 0 Å². The Kier molecular flexibility index (Phi) is 5.50. The molecule has 0 aliphatic heterocycles.